The molecule has 2 nitrogen and oxygen atoms in total. The van der Waals surface area contributed by atoms with Gasteiger partial charge in [-0.15, -0.1) is 0 Å². The van der Waals surface area contributed by atoms with Gasteiger partial charge in [0.2, 0.25) is 0 Å². The summed E-state index contributed by atoms with van der Waals surface area (Å²) >= 11 is 0. The zero-order valence-corrected chi connectivity index (χ0v) is 18.2. The summed E-state index contributed by atoms with van der Waals surface area (Å²) in [6.45, 7) is 4.29. The third kappa shape index (κ3) is 4.17. The third-order valence-corrected chi connectivity index (χ3v) is 7.60. The Kier molecular flexibility index (Phi) is 6.26. The number of carboxylic acids is 1. The normalized spacial score (nSPS) is 26.2. The predicted molar refractivity (Wildman–Crippen MR) is 119 cm³/mol. The van der Waals surface area contributed by atoms with Crippen molar-refractivity contribution in [3.63, 3.8) is 0 Å². The van der Waals surface area contributed by atoms with Crippen molar-refractivity contribution in [2.45, 2.75) is 71.1 Å². The molecule has 2 aliphatic carbocycles. The van der Waals surface area contributed by atoms with Crippen LogP contribution in [0.1, 0.15) is 85.7 Å². The molecule has 0 heterocycles. The largest absolute Gasteiger partial charge is 0.478 e. The van der Waals surface area contributed by atoms with E-state index in [1.807, 2.05) is 37.3 Å². The molecule has 0 aromatic heterocycles. The van der Waals surface area contributed by atoms with Crippen molar-refractivity contribution < 1.29 is 14.3 Å². The van der Waals surface area contributed by atoms with E-state index in [2.05, 4.69) is 6.92 Å². The van der Waals surface area contributed by atoms with Gasteiger partial charge in [0.15, 0.2) is 0 Å². The minimum Gasteiger partial charge on any atom is -0.478 e. The Hall–Kier alpha value is -2.16. The van der Waals surface area contributed by atoms with Crippen LogP contribution in [-0.4, -0.2) is 11.1 Å². The summed E-state index contributed by atoms with van der Waals surface area (Å²) in [7, 11) is 0. The maximum absolute atomic E-state index is 15.4. The number of benzene rings is 2. The maximum atomic E-state index is 15.4. The minimum atomic E-state index is -1.20. The average molecular weight is 409 g/mol. The van der Waals surface area contributed by atoms with Gasteiger partial charge in [0.1, 0.15) is 5.82 Å². The Morgan fingerprint density at radius 2 is 1.70 bits per heavy atom. The first-order valence-electron chi connectivity index (χ1n) is 11.6. The smallest absolute Gasteiger partial charge is 0.338 e. The van der Waals surface area contributed by atoms with Gasteiger partial charge in [-0.2, -0.15) is 0 Å². The van der Waals surface area contributed by atoms with Crippen LogP contribution in [0.5, 0.6) is 0 Å². The molecule has 1 N–H and O–H groups in total. The number of rotatable bonds is 5. The molecule has 160 valence electrons. The van der Waals surface area contributed by atoms with Crippen molar-refractivity contribution in [1.82, 2.24) is 0 Å². The SMILES string of the molecule is CCC[C@H]1CC[C@@H]2CC(c3ccc(C(=O)O)c(F)c3-c3ccc(C)cc3)CC[C@H]2C1. The van der Waals surface area contributed by atoms with Gasteiger partial charge in [0.25, 0.3) is 0 Å². The van der Waals surface area contributed by atoms with Crippen LogP contribution in [-0.2, 0) is 0 Å². The fourth-order valence-corrected chi connectivity index (χ4v) is 6.05. The van der Waals surface area contributed by atoms with E-state index in [1.165, 1.54) is 44.6 Å². The van der Waals surface area contributed by atoms with E-state index < -0.39 is 11.8 Å². The Bertz CT molecular complexity index is 902. The van der Waals surface area contributed by atoms with Gasteiger partial charge >= 0.3 is 5.97 Å². The molecule has 30 heavy (non-hydrogen) atoms. The number of halogens is 1. The second-order valence-electron chi connectivity index (χ2n) is 9.56. The van der Waals surface area contributed by atoms with Gasteiger partial charge in [0, 0.05) is 5.56 Å². The Morgan fingerprint density at radius 3 is 2.40 bits per heavy atom. The van der Waals surface area contributed by atoms with Crippen LogP contribution >= 0.6 is 0 Å². The molecule has 4 rings (SSSR count). The Balaban J connectivity index is 1.65. The number of hydrogen-bond acceptors (Lipinski definition) is 1. The van der Waals surface area contributed by atoms with E-state index in [0.717, 1.165) is 47.3 Å². The summed E-state index contributed by atoms with van der Waals surface area (Å²) in [6, 6.07) is 11.1. The van der Waals surface area contributed by atoms with Crippen molar-refractivity contribution >= 4 is 5.97 Å². The topological polar surface area (TPSA) is 37.3 Å². The molecule has 4 atom stereocenters. The molecule has 0 spiro atoms. The second-order valence-corrected chi connectivity index (χ2v) is 9.56. The lowest BCUT2D eigenvalue weighted by molar-refractivity contribution is 0.0692. The Morgan fingerprint density at radius 1 is 1.00 bits per heavy atom. The average Bonchev–Trinajstić information content (AvgIpc) is 2.74. The molecular weight excluding hydrogens is 375 g/mol. The zero-order chi connectivity index (χ0) is 21.3. The van der Waals surface area contributed by atoms with Gasteiger partial charge in [-0.3, -0.25) is 0 Å². The lowest BCUT2D eigenvalue weighted by Crippen LogP contribution is -2.30. The maximum Gasteiger partial charge on any atom is 0.338 e. The first kappa shape index (κ1) is 21.1. The van der Waals surface area contributed by atoms with Crippen molar-refractivity contribution in [3.05, 3.63) is 58.9 Å². The highest BCUT2D eigenvalue weighted by Crippen LogP contribution is 2.50. The molecular formula is C27H33FO2. The first-order chi connectivity index (χ1) is 14.5. The third-order valence-electron chi connectivity index (χ3n) is 7.60. The molecule has 2 aromatic carbocycles. The van der Waals surface area contributed by atoms with Crippen LogP contribution in [0.15, 0.2) is 36.4 Å². The molecule has 0 bridgehead atoms. The second kappa shape index (κ2) is 8.91. The van der Waals surface area contributed by atoms with E-state index >= 15 is 4.39 Å². The molecule has 0 radical (unpaired) electrons. The monoisotopic (exact) mass is 408 g/mol. The van der Waals surface area contributed by atoms with E-state index in [9.17, 15) is 9.90 Å². The molecule has 1 unspecified atom stereocenters. The summed E-state index contributed by atoms with van der Waals surface area (Å²) in [5.41, 5.74) is 3.15. The first-order valence-corrected chi connectivity index (χ1v) is 11.6. The molecule has 0 amide bonds. The van der Waals surface area contributed by atoms with Gasteiger partial charge in [0.05, 0.1) is 5.56 Å². The van der Waals surface area contributed by atoms with E-state index in [4.69, 9.17) is 0 Å². The highest BCUT2D eigenvalue weighted by molar-refractivity contribution is 5.90. The van der Waals surface area contributed by atoms with Crippen molar-refractivity contribution in [3.8, 4) is 11.1 Å². The molecule has 3 heteroatoms. The van der Waals surface area contributed by atoms with Crippen molar-refractivity contribution in [1.29, 1.82) is 0 Å². The van der Waals surface area contributed by atoms with Gasteiger partial charge < -0.3 is 5.11 Å². The van der Waals surface area contributed by atoms with E-state index in [1.54, 1.807) is 0 Å². The van der Waals surface area contributed by atoms with Crippen LogP contribution in [0, 0.1) is 30.5 Å². The van der Waals surface area contributed by atoms with Crippen LogP contribution in [0.4, 0.5) is 4.39 Å². The molecule has 0 aliphatic heterocycles. The Labute approximate surface area is 179 Å². The number of aryl methyl sites for hydroxylation is 1. The summed E-state index contributed by atoms with van der Waals surface area (Å²) in [4.78, 5) is 11.6. The molecule has 2 aliphatic rings. The van der Waals surface area contributed by atoms with Crippen LogP contribution < -0.4 is 0 Å². The number of hydrogen-bond donors (Lipinski definition) is 1. The standard InChI is InChI=1S/C27H33FO2/c1-3-4-18-7-10-21-16-22(12-11-20(21)15-18)23-13-14-24(27(29)30)26(28)25(23)19-8-5-17(2)6-9-19/h5-6,8-9,13-14,18,20-22H,3-4,7,10-12,15-16H2,1-2H3,(H,29,30)/t18-,20-,21+,22?/m0/s1. The molecule has 2 fully saturated rings. The number of carbonyl (C=O) groups is 1. The highest BCUT2D eigenvalue weighted by atomic mass is 19.1. The number of aromatic carboxylic acids is 1. The number of fused-ring (bicyclic) bond motifs is 1. The van der Waals surface area contributed by atoms with Crippen LogP contribution in [0.3, 0.4) is 0 Å². The van der Waals surface area contributed by atoms with Crippen LogP contribution in [0.25, 0.3) is 11.1 Å². The fourth-order valence-electron chi connectivity index (χ4n) is 6.05. The molecule has 0 saturated heterocycles. The quantitative estimate of drug-likeness (QED) is 0.553. The van der Waals surface area contributed by atoms with Gasteiger partial charge in [-0.05, 0) is 79.9 Å². The fraction of sp³-hybridized carbons (Fsp3) is 0.519. The van der Waals surface area contributed by atoms with Gasteiger partial charge in [-0.25, -0.2) is 9.18 Å². The van der Waals surface area contributed by atoms with E-state index in [-0.39, 0.29) is 5.56 Å². The van der Waals surface area contributed by atoms with Crippen molar-refractivity contribution in [2.24, 2.45) is 17.8 Å². The molecule has 2 saturated carbocycles. The van der Waals surface area contributed by atoms with Crippen molar-refractivity contribution in [2.75, 3.05) is 0 Å². The summed E-state index contributed by atoms with van der Waals surface area (Å²) in [5, 5.41) is 9.47. The summed E-state index contributed by atoms with van der Waals surface area (Å²) in [6.07, 6.45) is 10.0. The zero-order valence-electron chi connectivity index (χ0n) is 18.2. The lowest BCUT2D eigenvalue weighted by Gasteiger charge is -2.42. The van der Waals surface area contributed by atoms with Gasteiger partial charge in [-0.1, -0.05) is 62.1 Å². The summed E-state index contributed by atoms with van der Waals surface area (Å²) < 4.78 is 15.4. The predicted octanol–water partition coefficient (Wildman–Crippen LogP) is 7.60. The molecule has 2 aromatic rings. The van der Waals surface area contributed by atoms with Crippen LogP contribution in [0.2, 0.25) is 0 Å². The minimum absolute atomic E-state index is 0.233. The summed E-state index contributed by atoms with van der Waals surface area (Å²) in [5.74, 6) is 0.955. The lowest BCUT2D eigenvalue weighted by atomic mass is 9.63. The number of carboxylic acid groups (broad SMARTS) is 1. The van der Waals surface area contributed by atoms with E-state index in [0.29, 0.717) is 11.5 Å². The highest BCUT2D eigenvalue weighted by Gasteiger charge is 2.37.